The van der Waals surface area contributed by atoms with Crippen molar-refractivity contribution in [3.05, 3.63) is 69.0 Å². The number of nitrogens with one attached hydrogen (secondary N) is 1. The summed E-state index contributed by atoms with van der Waals surface area (Å²) >= 11 is 0. The number of fused-ring (bicyclic) bond motifs is 1. The molecule has 0 saturated carbocycles. The van der Waals surface area contributed by atoms with Gasteiger partial charge in [0.2, 0.25) is 0 Å². The summed E-state index contributed by atoms with van der Waals surface area (Å²) in [4.78, 5) is 34.7. The monoisotopic (exact) mass is 406 g/mol. The molecule has 1 aliphatic rings. The molecule has 0 aliphatic carbocycles. The third-order valence-corrected chi connectivity index (χ3v) is 5.91. The molecular formula is C23H26N4O3. The molecule has 7 heteroatoms. The number of aromatic nitrogens is 3. The molecule has 4 rings (SSSR count). The molecule has 0 fully saturated rings. The van der Waals surface area contributed by atoms with Crippen LogP contribution in [0, 0.1) is 13.8 Å². The molecule has 2 aromatic heterocycles. The average molecular weight is 406 g/mol. The average Bonchev–Trinajstić information content (AvgIpc) is 2.90. The third-order valence-electron chi connectivity index (χ3n) is 5.91. The number of hydrogen-bond acceptors (Lipinski definition) is 4. The number of methoxy groups -OCH3 is 1. The molecule has 0 atom stereocenters. The molecule has 156 valence electrons. The van der Waals surface area contributed by atoms with Crippen LogP contribution in [0.3, 0.4) is 0 Å². The van der Waals surface area contributed by atoms with E-state index >= 15 is 0 Å². The molecule has 0 radical (unpaired) electrons. The first kappa shape index (κ1) is 19.9. The van der Waals surface area contributed by atoms with Crippen molar-refractivity contribution in [2.45, 2.75) is 26.7 Å². The van der Waals surface area contributed by atoms with E-state index in [2.05, 4.69) is 9.97 Å². The van der Waals surface area contributed by atoms with Gasteiger partial charge in [0.1, 0.15) is 11.6 Å². The van der Waals surface area contributed by atoms with Crippen LogP contribution in [0.4, 0.5) is 0 Å². The van der Waals surface area contributed by atoms with Gasteiger partial charge in [-0.3, -0.25) is 9.59 Å². The molecular weight excluding hydrogens is 380 g/mol. The third kappa shape index (κ3) is 3.51. The van der Waals surface area contributed by atoms with Gasteiger partial charge in [-0.05, 0) is 56.2 Å². The maximum Gasteiger partial charge on any atom is 0.255 e. The van der Waals surface area contributed by atoms with Gasteiger partial charge in [0.05, 0.1) is 18.4 Å². The molecule has 1 N–H and O–H groups in total. The van der Waals surface area contributed by atoms with Crippen molar-refractivity contribution >= 4 is 5.91 Å². The van der Waals surface area contributed by atoms with Gasteiger partial charge in [-0.25, -0.2) is 4.98 Å². The molecule has 30 heavy (non-hydrogen) atoms. The Morgan fingerprint density at radius 1 is 1.13 bits per heavy atom. The number of rotatable bonds is 3. The summed E-state index contributed by atoms with van der Waals surface area (Å²) in [7, 11) is 3.61. The van der Waals surface area contributed by atoms with E-state index in [1.165, 1.54) is 0 Å². The minimum Gasteiger partial charge on any atom is -0.497 e. The molecule has 1 aliphatic heterocycles. The largest absolute Gasteiger partial charge is 0.497 e. The Kier molecular flexibility index (Phi) is 5.20. The lowest BCUT2D eigenvalue weighted by Gasteiger charge is -2.20. The fourth-order valence-corrected chi connectivity index (χ4v) is 4.06. The number of aryl methyl sites for hydroxylation is 1. The summed E-state index contributed by atoms with van der Waals surface area (Å²) in [5.74, 6) is 1.40. The van der Waals surface area contributed by atoms with Crippen molar-refractivity contribution in [3.8, 4) is 17.0 Å². The highest BCUT2D eigenvalue weighted by Crippen LogP contribution is 2.27. The molecule has 1 aromatic carbocycles. The number of carbonyl (C=O) groups is 1. The van der Waals surface area contributed by atoms with Crippen LogP contribution in [0.15, 0.2) is 35.1 Å². The van der Waals surface area contributed by atoms with E-state index in [0.29, 0.717) is 42.9 Å². The van der Waals surface area contributed by atoms with Gasteiger partial charge in [-0.1, -0.05) is 0 Å². The molecule has 0 bridgehead atoms. The fraction of sp³-hybridized carbons (Fsp3) is 0.348. The highest BCUT2D eigenvalue weighted by Gasteiger charge is 2.25. The van der Waals surface area contributed by atoms with Crippen molar-refractivity contribution in [2.75, 3.05) is 20.2 Å². The smallest absolute Gasteiger partial charge is 0.255 e. The molecule has 3 aromatic rings. The normalized spacial score (nSPS) is 13.7. The predicted octanol–water partition coefficient (Wildman–Crippen LogP) is 2.64. The highest BCUT2D eigenvalue weighted by atomic mass is 16.5. The van der Waals surface area contributed by atoms with Crippen LogP contribution in [0.25, 0.3) is 11.3 Å². The van der Waals surface area contributed by atoms with Crippen molar-refractivity contribution in [1.29, 1.82) is 0 Å². The first-order valence-electron chi connectivity index (χ1n) is 10.1. The highest BCUT2D eigenvalue weighted by molar-refractivity contribution is 5.97. The van der Waals surface area contributed by atoms with Crippen molar-refractivity contribution < 1.29 is 9.53 Å². The zero-order valence-electron chi connectivity index (χ0n) is 17.8. The van der Waals surface area contributed by atoms with Crippen LogP contribution >= 0.6 is 0 Å². The van der Waals surface area contributed by atoms with E-state index in [4.69, 9.17) is 4.74 Å². The Morgan fingerprint density at radius 2 is 1.83 bits per heavy atom. The lowest BCUT2D eigenvalue weighted by atomic mass is 10.1. The van der Waals surface area contributed by atoms with E-state index in [-0.39, 0.29) is 11.5 Å². The van der Waals surface area contributed by atoms with E-state index in [9.17, 15) is 9.59 Å². The van der Waals surface area contributed by atoms with Gasteiger partial charge < -0.3 is 19.2 Å². The van der Waals surface area contributed by atoms with Gasteiger partial charge in [0, 0.05) is 43.5 Å². The summed E-state index contributed by atoms with van der Waals surface area (Å²) in [6, 6.07) is 9.76. The molecule has 7 nitrogen and oxygen atoms in total. The Balaban J connectivity index is 1.61. The number of benzene rings is 1. The van der Waals surface area contributed by atoms with E-state index in [1.807, 2.05) is 53.8 Å². The lowest BCUT2D eigenvalue weighted by Crippen LogP contribution is -2.33. The van der Waals surface area contributed by atoms with Crippen LogP contribution in [0.1, 0.15) is 33.1 Å². The minimum atomic E-state index is -0.0931. The van der Waals surface area contributed by atoms with E-state index < -0.39 is 0 Å². The molecule has 0 saturated heterocycles. The SMILES string of the molecule is COc1ccc(-c2cc(C(=O)N3CCc4nc(C)[nH]c(=O)c4CC3)c(C)n2C)cc1. The number of nitrogens with zero attached hydrogens (tertiary/aromatic N) is 3. The Hall–Kier alpha value is -3.35. The zero-order chi connectivity index (χ0) is 21.4. The zero-order valence-corrected chi connectivity index (χ0v) is 17.8. The second-order valence-electron chi connectivity index (χ2n) is 7.68. The van der Waals surface area contributed by atoms with Crippen LogP contribution in [-0.2, 0) is 19.9 Å². The summed E-state index contributed by atoms with van der Waals surface area (Å²) < 4.78 is 7.28. The standard InChI is InChI=1S/C23H26N4O3/c1-14-19(13-21(26(14)3)16-5-7-17(30-4)8-6-16)23(29)27-11-9-18-20(10-12-27)24-15(2)25-22(18)28/h5-8,13H,9-12H2,1-4H3,(H,24,25,28). The fourth-order valence-electron chi connectivity index (χ4n) is 4.06. The number of H-pyrrole nitrogens is 1. The second-order valence-corrected chi connectivity index (χ2v) is 7.68. The maximum absolute atomic E-state index is 13.4. The van der Waals surface area contributed by atoms with E-state index in [1.54, 1.807) is 14.0 Å². The first-order chi connectivity index (χ1) is 14.4. The predicted molar refractivity (Wildman–Crippen MR) is 115 cm³/mol. The topological polar surface area (TPSA) is 80.2 Å². The number of ether oxygens (including phenoxy) is 1. The van der Waals surface area contributed by atoms with Crippen LogP contribution in [0.5, 0.6) is 5.75 Å². The van der Waals surface area contributed by atoms with Crippen LogP contribution in [0.2, 0.25) is 0 Å². The molecule has 3 heterocycles. The lowest BCUT2D eigenvalue weighted by molar-refractivity contribution is 0.0762. The quantitative estimate of drug-likeness (QED) is 0.725. The summed E-state index contributed by atoms with van der Waals surface area (Å²) in [6.07, 6.45) is 1.10. The summed E-state index contributed by atoms with van der Waals surface area (Å²) in [5.41, 5.74) is 5.01. The van der Waals surface area contributed by atoms with Gasteiger partial charge in [-0.2, -0.15) is 0 Å². The van der Waals surface area contributed by atoms with Crippen molar-refractivity contribution in [3.63, 3.8) is 0 Å². The first-order valence-corrected chi connectivity index (χ1v) is 10.1. The number of carbonyl (C=O) groups excluding carboxylic acids is 1. The Morgan fingerprint density at radius 3 is 2.53 bits per heavy atom. The van der Waals surface area contributed by atoms with Crippen molar-refractivity contribution in [2.24, 2.45) is 7.05 Å². The van der Waals surface area contributed by atoms with Crippen molar-refractivity contribution in [1.82, 2.24) is 19.4 Å². The number of aromatic amines is 1. The van der Waals surface area contributed by atoms with Crippen LogP contribution < -0.4 is 10.3 Å². The van der Waals surface area contributed by atoms with Gasteiger partial charge in [-0.15, -0.1) is 0 Å². The second kappa shape index (κ2) is 7.82. The van der Waals surface area contributed by atoms with E-state index in [0.717, 1.165) is 28.4 Å². The Bertz CT molecular complexity index is 1160. The minimum absolute atomic E-state index is 0.0104. The maximum atomic E-state index is 13.4. The molecule has 1 amide bonds. The van der Waals surface area contributed by atoms with Gasteiger partial charge in [0.15, 0.2) is 0 Å². The number of amides is 1. The number of hydrogen-bond donors (Lipinski definition) is 1. The van der Waals surface area contributed by atoms with Gasteiger partial charge >= 0.3 is 0 Å². The Labute approximate surface area is 175 Å². The summed E-state index contributed by atoms with van der Waals surface area (Å²) in [6.45, 7) is 4.80. The molecule has 0 spiro atoms. The van der Waals surface area contributed by atoms with Gasteiger partial charge in [0.25, 0.3) is 11.5 Å². The summed E-state index contributed by atoms with van der Waals surface area (Å²) in [5, 5.41) is 0. The molecule has 0 unspecified atom stereocenters. The van der Waals surface area contributed by atoms with Crippen LogP contribution in [-0.4, -0.2) is 45.5 Å².